The highest BCUT2D eigenvalue weighted by Crippen LogP contribution is 2.32. The van der Waals surface area contributed by atoms with Gasteiger partial charge >= 0.3 is 0 Å². The van der Waals surface area contributed by atoms with Crippen molar-refractivity contribution < 1.29 is 8.42 Å². The Morgan fingerprint density at radius 2 is 2.11 bits per heavy atom. The van der Waals surface area contributed by atoms with E-state index in [9.17, 15) is 8.42 Å². The Morgan fingerprint density at radius 3 is 2.68 bits per heavy atom. The molecule has 2 rings (SSSR count). The van der Waals surface area contributed by atoms with Gasteiger partial charge in [0.1, 0.15) is 0 Å². The number of rotatable bonds is 7. The van der Waals surface area contributed by atoms with Crippen LogP contribution in [0, 0.1) is 0 Å². The van der Waals surface area contributed by atoms with Crippen molar-refractivity contribution in [1.82, 2.24) is 4.31 Å². The Hall–Kier alpha value is -0.580. The van der Waals surface area contributed by atoms with Crippen LogP contribution in [0.5, 0.6) is 0 Å². The smallest absolute Gasteiger partial charge is 0.207 e. The van der Waals surface area contributed by atoms with Crippen LogP contribution in [0.3, 0.4) is 0 Å². The molecule has 3 nitrogen and oxygen atoms in total. The number of benzene rings is 1. The summed E-state index contributed by atoms with van der Waals surface area (Å²) in [5.74, 6) is 0.335. The topological polar surface area (TPSA) is 37.4 Å². The van der Waals surface area contributed by atoms with Crippen molar-refractivity contribution >= 4 is 21.6 Å². The van der Waals surface area contributed by atoms with Gasteiger partial charge in [-0.1, -0.05) is 25.5 Å². The van der Waals surface area contributed by atoms with Gasteiger partial charge in [0.05, 0.1) is 4.90 Å². The fraction of sp³-hybridized carbons (Fsp3) is 0.571. The monoisotopic (exact) mass is 301 g/mol. The molecule has 1 aromatic rings. The Bertz CT molecular complexity index is 526. The molecule has 0 spiro atoms. The predicted octanol–water partition coefficient (Wildman–Crippen LogP) is 3.38. The molecule has 0 aromatic heterocycles. The summed E-state index contributed by atoms with van der Waals surface area (Å²) in [4.78, 5) is 0.369. The Balaban J connectivity index is 2.27. The molecule has 0 atom stereocenters. The van der Waals surface area contributed by atoms with Gasteiger partial charge in [-0.25, -0.2) is 8.42 Å². The lowest BCUT2D eigenvalue weighted by atomic mass is 10.2. The van der Waals surface area contributed by atoms with Gasteiger partial charge in [0.2, 0.25) is 10.0 Å². The minimum Gasteiger partial charge on any atom is -0.207 e. The molecule has 5 heteroatoms. The third-order valence-electron chi connectivity index (χ3n) is 3.35. The van der Waals surface area contributed by atoms with Crippen molar-refractivity contribution in [2.24, 2.45) is 0 Å². The first-order valence-corrected chi connectivity index (χ1v) is 8.73. The van der Waals surface area contributed by atoms with Crippen molar-refractivity contribution in [2.45, 2.75) is 49.4 Å². The summed E-state index contributed by atoms with van der Waals surface area (Å²) < 4.78 is 27.0. The molecule has 19 heavy (non-hydrogen) atoms. The lowest BCUT2D eigenvalue weighted by molar-refractivity contribution is 0.395. The van der Waals surface area contributed by atoms with Crippen molar-refractivity contribution in [3.8, 4) is 0 Å². The van der Waals surface area contributed by atoms with Gasteiger partial charge in [0.15, 0.2) is 0 Å². The summed E-state index contributed by atoms with van der Waals surface area (Å²) >= 11 is 5.78. The maximum atomic E-state index is 12.7. The van der Waals surface area contributed by atoms with Crippen LogP contribution in [0.15, 0.2) is 29.2 Å². The lowest BCUT2D eigenvalue weighted by Crippen LogP contribution is -2.34. The fourth-order valence-electron chi connectivity index (χ4n) is 2.10. The highest BCUT2D eigenvalue weighted by Gasteiger charge is 2.37. The quantitative estimate of drug-likeness (QED) is 0.724. The Kier molecular flexibility index (Phi) is 4.87. The second-order valence-corrected chi connectivity index (χ2v) is 7.14. The Labute approximate surface area is 120 Å². The van der Waals surface area contributed by atoms with Gasteiger partial charge < -0.3 is 0 Å². The molecule has 0 bridgehead atoms. The molecule has 1 aromatic carbocycles. The van der Waals surface area contributed by atoms with Gasteiger partial charge in [-0.2, -0.15) is 4.31 Å². The number of nitrogens with zero attached hydrogens (tertiary/aromatic N) is 1. The Morgan fingerprint density at radius 1 is 1.37 bits per heavy atom. The average molecular weight is 302 g/mol. The molecule has 1 saturated carbocycles. The molecule has 1 fully saturated rings. The maximum absolute atomic E-state index is 12.7. The van der Waals surface area contributed by atoms with Crippen molar-refractivity contribution in [1.29, 1.82) is 0 Å². The second-order valence-electron chi connectivity index (χ2n) is 4.98. The van der Waals surface area contributed by atoms with E-state index in [1.165, 1.54) is 0 Å². The van der Waals surface area contributed by atoms with Crippen LogP contribution in [0.4, 0.5) is 0 Å². The minimum atomic E-state index is -3.37. The third kappa shape index (κ3) is 3.50. The van der Waals surface area contributed by atoms with E-state index in [0.717, 1.165) is 31.2 Å². The first-order valence-electron chi connectivity index (χ1n) is 6.76. The molecule has 0 amide bonds. The van der Waals surface area contributed by atoms with E-state index < -0.39 is 10.0 Å². The van der Waals surface area contributed by atoms with Crippen LogP contribution in [0.2, 0.25) is 0 Å². The van der Waals surface area contributed by atoms with E-state index in [1.54, 1.807) is 22.5 Å². The van der Waals surface area contributed by atoms with Gasteiger partial charge in [-0.3, -0.25) is 0 Å². The third-order valence-corrected chi connectivity index (χ3v) is 5.60. The molecule has 0 N–H and O–H groups in total. The molecular formula is C14H20ClNO2S. The summed E-state index contributed by atoms with van der Waals surface area (Å²) in [6.45, 7) is 2.69. The van der Waals surface area contributed by atoms with E-state index in [2.05, 4.69) is 6.92 Å². The van der Waals surface area contributed by atoms with Crippen LogP contribution in [-0.4, -0.2) is 25.3 Å². The summed E-state index contributed by atoms with van der Waals surface area (Å²) in [7, 11) is -3.37. The van der Waals surface area contributed by atoms with Crippen LogP contribution in [0.25, 0.3) is 0 Å². The van der Waals surface area contributed by atoms with Crippen LogP contribution >= 0.6 is 11.6 Å². The molecule has 0 aliphatic heterocycles. The summed E-state index contributed by atoms with van der Waals surface area (Å²) in [6.07, 6.45) is 3.88. The molecule has 0 unspecified atom stereocenters. The van der Waals surface area contributed by atoms with Crippen molar-refractivity contribution in [3.63, 3.8) is 0 Å². The van der Waals surface area contributed by atoms with Crippen LogP contribution in [-0.2, 0) is 15.9 Å². The number of alkyl halides is 1. The number of halogens is 1. The molecular weight excluding hydrogens is 282 g/mol. The number of hydrogen-bond acceptors (Lipinski definition) is 2. The highest BCUT2D eigenvalue weighted by molar-refractivity contribution is 7.89. The fourth-order valence-corrected chi connectivity index (χ4v) is 4.06. The number of sulfonamides is 1. The summed E-state index contributed by atoms with van der Waals surface area (Å²) in [5, 5.41) is 0. The van der Waals surface area contributed by atoms with Crippen molar-refractivity contribution in [2.75, 3.05) is 6.54 Å². The molecule has 1 aliphatic rings. The SMILES string of the molecule is CCCCN(C1CC1)S(=O)(=O)c1cccc(CCl)c1. The normalized spacial score (nSPS) is 15.9. The number of unbranched alkanes of at least 4 members (excludes halogenated alkanes) is 1. The summed E-state index contributed by atoms with van der Waals surface area (Å²) in [5.41, 5.74) is 0.842. The highest BCUT2D eigenvalue weighted by atomic mass is 35.5. The van der Waals surface area contributed by atoms with E-state index >= 15 is 0 Å². The van der Waals surface area contributed by atoms with Gasteiger partial charge in [0.25, 0.3) is 0 Å². The second kappa shape index (κ2) is 6.25. The molecule has 0 radical (unpaired) electrons. The maximum Gasteiger partial charge on any atom is 0.243 e. The van der Waals surface area contributed by atoms with E-state index in [4.69, 9.17) is 11.6 Å². The first kappa shape index (κ1) is 14.8. The molecule has 106 valence electrons. The minimum absolute atomic E-state index is 0.205. The summed E-state index contributed by atoms with van der Waals surface area (Å²) in [6, 6.07) is 7.15. The molecule has 0 heterocycles. The lowest BCUT2D eigenvalue weighted by Gasteiger charge is -2.22. The zero-order valence-electron chi connectivity index (χ0n) is 11.2. The van der Waals surface area contributed by atoms with E-state index in [-0.39, 0.29) is 6.04 Å². The zero-order valence-corrected chi connectivity index (χ0v) is 12.8. The van der Waals surface area contributed by atoms with Crippen LogP contribution in [0.1, 0.15) is 38.2 Å². The molecule has 0 saturated heterocycles. The molecule has 1 aliphatic carbocycles. The van der Waals surface area contributed by atoms with E-state index in [1.807, 2.05) is 6.07 Å². The average Bonchev–Trinajstić information content (AvgIpc) is 3.23. The van der Waals surface area contributed by atoms with Gasteiger partial charge in [0, 0.05) is 18.5 Å². The first-order chi connectivity index (χ1) is 9.09. The number of hydrogen-bond donors (Lipinski definition) is 0. The largest absolute Gasteiger partial charge is 0.243 e. The van der Waals surface area contributed by atoms with Crippen molar-refractivity contribution in [3.05, 3.63) is 29.8 Å². The predicted molar refractivity (Wildman–Crippen MR) is 77.8 cm³/mol. The van der Waals surface area contributed by atoms with Crippen LogP contribution < -0.4 is 0 Å². The zero-order chi connectivity index (χ0) is 13.9. The van der Waals surface area contributed by atoms with Gasteiger partial charge in [-0.15, -0.1) is 11.6 Å². The standard InChI is InChI=1S/C14H20ClNO2S/c1-2-3-9-16(13-7-8-13)19(17,18)14-6-4-5-12(10-14)11-15/h4-6,10,13H,2-3,7-9,11H2,1H3. The van der Waals surface area contributed by atoms with E-state index in [0.29, 0.717) is 17.3 Å². The van der Waals surface area contributed by atoms with Gasteiger partial charge in [-0.05, 0) is 37.0 Å².